The van der Waals surface area contributed by atoms with E-state index in [0.29, 0.717) is 25.1 Å². The van der Waals surface area contributed by atoms with Crippen LogP contribution in [0.4, 0.5) is 5.82 Å². The molecular weight excluding hydrogens is 280 g/mol. The van der Waals surface area contributed by atoms with Gasteiger partial charge in [0.15, 0.2) is 0 Å². The molecule has 1 fully saturated rings. The summed E-state index contributed by atoms with van der Waals surface area (Å²) in [6, 6.07) is 3.57. The number of aromatic nitrogens is 1. The maximum atomic E-state index is 12.0. The number of carbonyl (C=O) groups excluding carboxylic acids is 2. The van der Waals surface area contributed by atoms with Crippen molar-refractivity contribution in [3.8, 4) is 0 Å². The molecule has 6 heteroatoms. The van der Waals surface area contributed by atoms with E-state index in [-0.39, 0.29) is 11.8 Å². The van der Waals surface area contributed by atoms with Gasteiger partial charge in [-0.05, 0) is 25.0 Å². The van der Waals surface area contributed by atoms with Gasteiger partial charge in [0, 0.05) is 46.3 Å². The zero-order valence-corrected chi connectivity index (χ0v) is 13.3. The first-order valence-corrected chi connectivity index (χ1v) is 7.77. The van der Waals surface area contributed by atoms with Gasteiger partial charge in [-0.15, -0.1) is 0 Å². The van der Waals surface area contributed by atoms with Gasteiger partial charge in [-0.2, -0.15) is 0 Å². The highest BCUT2D eigenvalue weighted by Gasteiger charge is 2.16. The number of hydrogen-bond acceptors (Lipinski definition) is 4. The lowest BCUT2D eigenvalue weighted by Crippen LogP contribution is -2.38. The zero-order valence-electron chi connectivity index (χ0n) is 13.3. The Kier molecular flexibility index (Phi) is 5.75. The van der Waals surface area contributed by atoms with Gasteiger partial charge in [0.25, 0.3) is 5.91 Å². The van der Waals surface area contributed by atoms with Crippen molar-refractivity contribution in [3.63, 3.8) is 0 Å². The van der Waals surface area contributed by atoms with Crippen molar-refractivity contribution in [3.05, 3.63) is 23.9 Å². The maximum absolute atomic E-state index is 12.0. The lowest BCUT2D eigenvalue weighted by Gasteiger charge is -2.20. The molecule has 6 nitrogen and oxygen atoms in total. The molecule has 120 valence electrons. The topological polar surface area (TPSA) is 65.5 Å². The Morgan fingerprint density at radius 3 is 2.82 bits per heavy atom. The second-order valence-corrected chi connectivity index (χ2v) is 5.75. The SMILES string of the molecule is CN(C)c1ccc(C(=O)NCCN2CCCCCC2=O)cn1. The average Bonchev–Trinajstić information content (AvgIpc) is 2.72. The van der Waals surface area contributed by atoms with E-state index in [1.54, 1.807) is 12.3 Å². The molecule has 2 amide bonds. The normalized spacial score (nSPS) is 15.4. The van der Waals surface area contributed by atoms with Crippen LogP contribution in [0.3, 0.4) is 0 Å². The minimum absolute atomic E-state index is 0.153. The third-order valence-corrected chi connectivity index (χ3v) is 3.81. The number of anilines is 1. The summed E-state index contributed by atoms with van der Waals surface area (Å²) in [7, 11) is 3.81. The molecule has 1 N–H and O–H groups in total. The summed E-state index contributed by atoms with van der Waals surface area (Å²) in [5, 5.41) is 2.85. The summed E-state index contributed by atoms with van der Waals surface area (Å²) in [4.78, 5) is 31.9. The van der Waals surface area contributed by atoms with E-state index < -0.39 is 0 Å². The Morgan fingerprint density at radius 2 is 2.14 bits per heavy atom. The average molecular weight is 304 g/mol. The second-order valence-electron chi connectivity index (χ2n) is 5.75. The smallest absolute Gasteiger partial charge is 0.252 e. The third-order valence-electron chi connectivity index (χ3n) is 3.81. The fourth-order valence-electron chi connectivity index (χ4n) is 2.47. The van der Waals surface area contributed by atoms with Crippen LogP contribution in [-0.4, -0.2) is 55.4 Å². The highest BCUT2D eigenvalue weighted by molar-refractivity contribution is 5.94. The summed E-state index contributed by atoms with van der Waals surface area (Å²) in [6.07, 6.45) is 5.34. The zero-order chi connectivity index (χ0) is 15.9. The number of pyridine rings is 1. The first-order valence-electron chi connectivity index (χ1n) is 7.77. The fourth-order valence-corrected chi connectivity index (χ4v) is 2.47. The largest absolute Gasteiger partial charge is 0.363 e. The van der Waals surface area contributed by atoms with E-state index in [1.165, 1.54) is 0 Å². The van der Waals surface area contributed by atoms with Crippen LogP contribution >= 0.6 is 0 Å². The lowest BCUT2D eigenvalue weighted by molar-refractivity contribution is -0.130. The number of amides is 2. The summed E-state index contributed by atoms with van der Waals surface area (Å²) in [5.74, 6) is 0.857. The monoisotopic (exact) mass is 304 g/mol. The van der Waals surface area contributed by atoms with E-state index in [9.17, 15) is 9.59 Å². The Balaban J connectivity index is 1.80. The Bertz CT molecular complexity index is 513. The number of nitrogens with zero attached hydrogens (tertiary/aromatic N) is 3. The molecule has 0 aromatic carbocycles. The molecule has 2 heterocycles. The number of likely N-dealkylation sites (tertiary alicyclic amines) is 1. The summed E-state index contributed by atoms with van der Waals surface area (Å²) < 4.78 is 0. The molecule has 0 spiro atoms. The molecule has 0 aliphatic carbocycles. The van der Waals surface area contributed by atoms with Crippen LogP contribution in [0.25, 0.3) is 0 Å². The van der Waals surface area contributed by atoms with Gasteiger partial charge in [-0.25, -0.2) is 4.98 Å². The van der Waals surface area contributed by atoms with Crippen molar-refractivity contribution in [2.24, 2.45) is 0 Å². The van der Waals surface area contributed by atoms with Crippen LogP contribution in [0, 0.1) is 0 Å². The number of carbonyl (C=O) groups is 2. The first-order chi connectivity index (χ1) is 10.6. The van der Waals surface area contributed by atoms with Gasteiger partial charge in [0.2, 0.25) is 5.91 Å². The van der Waals surface area contributed by atoms with Crippen molar-refractivity contribution in [1.82, 2.24) is 15.2 Å². The highest BCUT2D eigenvalue weighted by Crippen LogP contribution is 2.10. The van der Waals surface area contributed by atoms with E-state index in [4.69, 9.17) is 0 Å². The van der Waals surface area contributed by atoms with Crippen LogP contribution in [0.15, 0.2) is 18.3 Å². The van der Waals surface area contributed by atoms with Crippen molar-refractivity contribution >= 4 is 17.6 Å². The van der Waals surface area contributed by atoms with Crippen molar-refractivity contribution in [2.45, 2.75) is 25.7 Å². The molecule has 0 bridgehead atoms. The highest BCUT2D eigenvalue weighted by atomic mass is 16.2. The molecule has 22 heavy (non-hydrogen) atoms. The lowest BCUT2D eigenvalue weighted by atomic mass is 10.2. The fraction of sp³-hybridized carbons (Fsp3) is 0.562. The van der Waals surface area contributed by atoms with E-state index in [1.807, 2.05) is 30.0 Å². The van der Waals surface area contributed by atoms with Gasteiger partial charge in [0.05, 0.1) is 5.56 Å². The van der Waals surface area contributed by atoms with E-state index >= 15 is 0 Å². The van der Waals surface area contributed by atoms with Crippen LogP contribution in [0.1, 0.15) is 36.0 Å². The standard InChI is InChI=1S/C16H24N4O2/c1-19(2)14-8-7-13(12-18-14)16(22)17-9-11-20-10-5-3-4-6-15(20)21/h7-8,12H,3-6,9-11H2,1-2H3,(H,17,22). The first kappa shape index (κ1) is 16.3. The third kappa shape index (κ3) is 4.44. The molecule has 1 aromatic heterocycles. The van der Waals surface area contributed by atoms with E-state index in [2.05, 4.69) is 10.3 Å². The molecule has 0 unspecified atom stereocenters. The molecule has 0 radical (unpaired) electrons. The minimum Gasteiger partial charge on any atom is -0.363 e. The Morgan fingerprint density at radius 1 is 1.32 bits per heavy atom. The van der Waals surface area contributed by atoms with Gasteiger partial charge < -0.3 is 15.1 Å². The molecule has 1 aromatic rings. The van der Waals surface area contributed by atoms with Crippen LogP contribution in [0.2, 0.25) is 0 Å². The maximum Gasteiger partial charge on any atom is 0.252 e. The van der Waals surface area contributed by atoms with Gasteiger partial charge in [0.1, 0.15) is 5.82 Å². The number of rotatable bonds is 5. The van der Waals surface area contributed by atoms with Crippen molar-refractivity contribution < 1.29 is 9.59 Å². The van der Waals surface area contributed by atoms with Gasteiger partial charge >= 0.3 is 0 Å². The molecule has 1 aliphatic rings. The quantitative estimate of drug-likeness (QED) is 0.890. The second kappa shape index (κ2) is 7.77. The number of nitrogens with one attached hydrogen (secondary N) is 1. The predicted octanol–water partition coefficient (Wildman–Crippen LogP) is 1.28. The molecular formula is C16H24N4O2. The van der Waals surface area contributed by atoms with Crippen molar-refractivity contribution in [2.75, 3.05) is 38.6 Å². The summed E-state index contributed by atoms with van der Waals surface area (Å²) >= 11 is 0. The predicted molar refractivity (Wildman–Crippen MR) is 85.9 cm³/mol. The molecule has 0 saturated carbocycles. The van der Waals surface area contributed by atoms with Gasteiger partial charge in [-0.3, -0.25) is 9.59 Å². The Labute approximate surface area is 131 Å². The minimum atomic E-state index is -0.153. The van der Waals surface area contributed by atoms with Crippen LogP contribution < -0.4 is 10.2 Å². The van der Waals surface area contributed by atoms with E-state index in [0.717, 1.165) is 31.6 Å². The Hall–Kier alpha value is -2.11. The molecule has 2 rings (SSSR count). The van der Waals surface area contributed by atoms with Crippen LogP contribution in [0.5, 0.6) is 0 Å². The van der Waals surface area contributed by atoms with Crippen LogP contribution in [-0.2, 0) is 4.79 Å². The summed E-state index contributed by atoms with van der Waals surface area (Å²) in [5.41, 5.74) is 0.535. The molecule has 1 aliphatic heterocycles. The summed E-state index contributed by atoms with van der Waals surface area (Å²) in [6.45, 7) is 1.85. The van der Waals surface area contributed by atoms with Gasteiger partial charge in [-0.1, -0.05) is 6.42 Å². The molecule has 0 atom stereocenters. The number of hydrogen-bond donors (Lipinski definition) is 1. The molecule has 1 saturated heterocycles. The van der Waals surface area contributed by atoms with Crippen molar-refractivity contribution in [1.29, 1.82) is 0 Å².